The number of hydrogen-bond acceptors (Lipinski definition) is 9. The second-order valence-corrected chi connectivity index (χ2v) is 4.30. The normalized spacial score (nSPS) is 14.9. The van der Waals surface area contributed by atoms with Crippen LogP contribution in [0.1, 0.15) is 10.4 Å². The molecule has 0 heterocycles. The second kappa shape index (κ2) is 12.0. The fraction of sp³-hybridized carbons (Fsp3) is 0.385. The molecule has 10 nitrogen and oxygen atoms in total. The van der Waals surface area contributed by atoms with Gasteiger partial charge in [-0.05, 0) is 6.07 Å². The Morgan fingerprint density at radius 3 is 1.88 bits per heavy atom. The van der Waals surface area contributed by atoms with Crippen molar-refractivity contribution in [2.75, 3.05) is 6.61 Å². The average molecular weight is 357 g/mol. The van der Waals surface area contributed by atoms with E-state index in [-0.39, 0.29) is 28.6 Å². The van der Waals surface area contributed by atoms with Crippen LogP contribution in [0.2, 0.25) is 0 Å². The Morgan fingerprint density at radius 2 is 1.54 bits per heavy atom. The Bertz CT molecular complexity index is 523. The Hall–Kier alpha value is -1.47. The van der Waals surface area contributed by atoms with Gasteiger partial charge in [-0.1, -0.05) is 23.9 Å². The largest absolute Gasteiger partial charge is 2.00 e. The van der Waals surface area contributed by atoms with Crippen LogP contribution in [0, 0.1) is 0 Å². The van der Waals surface area contributed by atoms with Gasteiger partial charge in [0.05, 0.1) is 18.1 Å². The molecule has 0 aliphatic rings. The third kappa shape index (κ3) is 7.87. The van der Waals surface area contributed by atoms with Crippen molar-refractivity contribution in [2.45, 2.75) is 24.4 Å². The smallest absolute Gasteiger partial charge is 0.872 e. The van der Waals surface area contributed by atoms with Gasteiger partial charge in [0.2, 0.25) is 0 Å². The molecule has 0 aliphatic heterocycles. The van der Waals surface area contributed by atoms with Crippen molar-refractivity contribution in [1.29, 1.82) is 0 Å². The quantitative estimate of drug-likeness (QED) is 0.269. The van der Waals surface area contributed by atoms with E-state index in [4.69, 9.17) is 30.6 Å². The number of hydrogen-bond donors (Lipinski definition) is 6. The maximum absolute atomic E-state index is 10.7. The molecule has 0 spiro atoms. The van der Waals surface area contributed by atoms with E-state index >= 15 is 0 Å². The van der Waals surface area contributed by atoms with Gasteiger partial charge < -0.3 is 45.6 Å². The summed E-state index contributed by atoms with van der Waals surface area (Å²) in [4.78, 5) is 20.2. The van der Waals surface area contributed by atoms with E-state index < -0.39 is 48.7 Å². The van der Waals surface area contributed by atoms with Crippen LogP contribution >= 0.6 is 0 Å². The van der Waals surface area contributed by atoms with Gasteiger partial charge in [0.1, 0.15) is 24.4 Å². The van der Waals surface area contributed by atoms with E-state index in [0.717, 1.165) is 0 Å². The van der Waals surface area contributed by atoms with Gasteiger partial charge in [-0.3, -0.25) is 0 Å². The number of carboxylic acids is 2. The Balaban J connectivity index is 0. The first kappa shape index (κ1) is 24.8. The maximum atomic E-state index is 10.7. The summed E-state index contributed by atoms with van der Waals surface area (Å²) in [6.45, 7) is -0.863. The van der Waals surface area contributed by atoms with Crippen LogP contribution in [0.15, 0.2) is 24.3 Å². The number of aliphatic carboxylic acids is 1. The van der Waals surface area contributed by atoms with E-state index in [9.17, 15) is 19.8 Å². The van der Waals surface area contributed by atoms with Crippen molar-refractivity contribution < 1.29 is 50.4 Å². The van der Waals surface area contributed by atoms with Crippen molar-refractivity contribution in [1.82, 2.24) is 0 Å². The average Bonchev–Trinajstić information content (AvgIpc) is 2.52. The van der Waals surface area contributed by atoms with Crippen LogP contribution in [0.4, 0.5) is 0 Å². The summed E-state index contributed by atoms with van der Waals surface area (Å²) in [7, 11) is 0. The topological polar surface area (TPSA) is 202 Å². The summed E-state index contributed by atoms with van der Waals surface area (Å²) >= 11 is 0. The molecule has 0 bridgehead atoms. The fourth-order valence-corrected chi connectivity index (χ4v) is 1.31. The van der Waals surface area contributed by atoms with E-state index in [1.807, 2.05) is 0 Å². The first-order chi connectivity index (χ1) is 10.6. The first-order valence-electron chi connectivity index (χ1n) is 6.16. The third-order valence-electron chi connectivity index (χ3n) is 2.61. The third-order valence-corrected chi connectivity index (χ3v) is 2.61. The number of carbonyl (C=O) groups is 2. The molecule has 0 saturated carbocycles. The zero-order valence-electron chi connectivity index (χ0n) is 12.3. The van der Waals surface area contributed by atoms with Gasteiger partial charge in [-0.2, -0.15) is 0 Å². The molecule has 0 aliphatic carbocycles. The molecule has 0 radical (unpaired) electrons. The van der Waals surface area contributed by atoms with Crippen LogP contribution in [0.25, 0.3) is 0 Å². The van der Waals surface area contributed by atoms with Crippen molar-refractivity contribution >= 4 is 35.0 Å². The van der Waals surface area contributed by atoms with Crippen LogP contribution in [-0.4, -0.2) is 96.7 Å². The van der Waals surface area contributed by atoms with Crippen molar-refractivity contribution in [2.24, 2.45) is 0 Å². The standard InChI is InChI=1S/C7H6O3.C6H12O7.Mg/c8-6-4-2-1-3-5(6)7(9)10;7-1-2(8)3(9)4(10)5(11)6(12)13;/h1-4,8H,(H,9,10);2-5,7-11H,1H2,(H,12,13);/q;;+2/p-2/t;2-,3-,4+,5-;/m.1./s1. The summed E-state index contributed by atoms with van der Waals surface area (Å²) in [5, 5.41) is 72.5. The molecular formula is C13H16MgO10. The number of aliphatic hydroxyl groups is 5. The zero-order valence-corrected chi connectivity index (χ0v) is 13.8. The van der Waals surface area contributed by atoms with Crippen molar-refractivity contribution in [3.63, 3.8) is 0 Å². The molecule has 0 aromatic heterocycles. The van der Waals surface area contributed by atoms with Crippen LogP contribution < -0.4 is 10.2 Å². The van der Waals surface area contributed by atoms with Gasteiger partial charge in [-0.25, -0.2) is 4.79 Å². The number of para-hydroxylation sites is 1. The molecule has 0 saturated heterocycles. The number of aliphatic hydroxyl groups excluding tert-OH is 5. The molecular weight excluding hydrogens is 340 g/mol. The van der Waals surface area contributed by atoms with Gasteiger partial charge >= 0.3 is 29.0 Å². The minimum absolute atomic E-state index is 0. The molecule has 1 aromatic rings. The Labute approximate surface area is 152 Å². The predicted octanol–water partition coefficient (Wildman–Crippen LogP) is -4.75. The van der Waals surface area contributed by atoms with Crippen LogP contribution in [-0.2, 0) is 4.79 Å². The van der Waals surface area contributed by atoms with Gasteiger partial charge in [0, 0.05) is 0 Å². The fourth-order valence-electron chi connectivity index (χ4n) is 1.31. The summed E-state index contributed by atoms with van der Waals surface area (Å²) in [6.07, 6.45) is -8.08. The van der Waals surface area contributed by atoms with Crippen LogP contribution in [0.3, 0.4) is 0 Å². The number of carboxylic acid groups (broad SMARTS) is 2. The Kier molecular flexibility index (Phi) is 12.4. The molecule has 1 aromatic carbocycles. The molecule has 6 N–H and O–H groups in total. The van der Waals surface area contributed by atoms with Gasteiger partial charge in [-0.15, -0.1) is 0 Å². The molecule has 130 valence electrons. The Morgan fingerprint density at radius 1 is 1.04 bits per heavy atom. The minimum atomic E-state index is -2.31. The molecule has 11 heteroatoms. The molecule has 0 fully saturated rings. The molecule has 0 amide bonds. The second-order valence-electron chi connectivity index (χ2n) is 4.30. The SMILES string of the molecule is O=C(O)c1ccccc1[O-].O=C([O-])[C@H](O)[C@@H](O)[C@H](O)[C@H](O)CO.[Mg+2]. The van der Waals surface area contributed by atoms with Crippen molar-refractivity contribution in [3.8, 4) is 5.75 Å². The van der Waals surface area contributed by atoms with E-state index in [2.05, 4.69) is 0 Å². The number of rotatable bonds is 6. The molecule has 24 heavy (non-hydrogen) atoms. The predicted molar refractivity (Wildman–Crippen MR) is 74.7 cm³/mol. The first-order valence-corrected chi connectivity index (χ1v) is 6.16. The zero-order chi connectivity index (χ0) is 18.2. The number of benzene rings is 1. The van der Waals surface area contributed by atoms with E-state index in [1.165, 1.54) is 24.3 Å². The van der Waals surface area contributed by atoms with E-state index in [1.54, 1.807) is 0 Å². The minimum Gasteiger partial charge on any atom is -0.872 e. The summed E-state index contributed by atoms with van der Waals surface area (Å²) < 4.78 is 0. The summed E-state index contributed by atoms with van der Waals surface area (Å²) in [5.41, 5.74) is -0.178. The van der Waals surface area contributed by atoms with Crippen LogP contribution in [0.5, 0.6) is 5.75 Å². The van der Waals surface area contributed by atoms with Crippen molar-refractivity contribution in [3.05, 3.63) is 29.8 Å². The molecule has 1 rings (SSSR count). The van der Waals surface area contributed by atoms with Gasteiger partial charge in [0.25, 0.3) is 0 Å². The molecule has 4 atom stereocenters. The van der Waals surface area contributed by atoms with Gasteiger partial charge in [0.15, 0.2) is 0 Å². The number of aromatic carboxylic acids is 1. The van der Waals surface area contributed by atoms with E-state index in [0.29, 0.717) is 0 Å². The monoisotopic (exact) mass is 356 g/mol. The summed E-state index contributed by atoms with van der Waals surface area (Å²) in [5.74, 6) is -3.60. The molecule has 0 unspecified atom stereocenters. The number of carbonyl (C=O) groups excluding carboxylic acids is 1. The summed E-state index contributed by atoms with van der Waals surface area (Å²) in [6, 6.07) is 5.54. The maximum Gasteiger partial charge on any atom is 2.00 e.